The van der Waals surface area contributed by atoms with Gasteiger partial charge in [0.25, 0.3) is 5.91 Å². The summed E-state index contributed by atoms with van der Waals surface area (Å²) in [5.74, 6) is 0.716. The van der Waals surface area contributed by atoms with Gasteiger partial charge in [-0.15, -0.1) is 11.8 Å². The Balaban J connectivity index is 1.52. The van der Waals surface area contributed by atoms with Crippen molar-refractivity contribution in [3.8, 4) is 11.5 Å². The number of benzene rings is 2. The Morgan fingerprint density at radius 2 is 1.89 bits per heavy atom. The Hall–Kier alpha value is -3.09. The molecule has 0 fully saturated rings. The summed E-state index contributed by atoms with van der Waals surface area (Å²) in [6, 6.07) is 15.3. The molecule has 2 aliphatic rings. The Labute approximate surface area is 218 Å². The number of sulfone groups is 1. The first-order valence-corrected chi connectivity index (χ1v) is 14.5. The van der Waals surface area contributed by atoms with E-state index in [-0.39, 0.29) is 27.5 Å². The highest BCUT2D eigenvalue weighted by atomic mass is 32.2. The lowest BCUT2D eigenvalue weighted by Gasteiger charge is -2.24. The van der Waals surface area contributed by atoms with E-state index in [1.807, 2.05) is 37.3 Å². The third-order valence-electron chi connectivity index (χ3n) is 5.08. The topological polar surface area (TPSA) is 121 Å². The summed E-state index contributed by atoms with van der Waals surface area (Å²) < 4.78 is 40.4. The molecule has 2 heterocycles. The number of amidine groups is 3. The molecule has 0 spiro atoms. The zero-order valence-corrected chi connectivity index (χ0v) is 22.1. The minimum atomic E-state index is -3.71. The number of nitrogens with one attached hydrogen (secondary N) is 1. The molecule has 0 atom stereocenters. The standard InChI is InChI=1S/C24H24N4O5S3/c1-3-32-20-15-16(10-11-19(20)33-12-13-34-17-8-6-5-7-9-17)14-18-21(25)28-23(26-22(18)29)35-27-24(28)36(30,31)4-2/h5-11,14-15,25H,3-4,12-13H2,1-2H3/b18-14-,25-21?. The first-order valence-electron chi connectivity index (χ1n) is 11.1. The van der Waals surface area contributed by atoms with Gasteiger partial charge in [-0.05, 0) is 42.8 Å². The maximum Gasteiger partial charge on any atom is 0.283 e. The average Bonchev–Trinajstić information content (AvgIpc) is 3.31. The highest BCUT2D eigenvalue weighted by Crippen LogP contribution is 2.33. The predicted octanol–water partition coefficient (Wildman–Crippen LogP) is 4.27. The molecule has 188 valence electrons. The number of hydrogen-bond donors (Lipinski definition) is 1. The van der Waals surface area contributed by atoms with Crippen LogP contribution in [0, 0.1) is 5.41 Å². The minimum absolute atomic E-state index is 0.0457. The smallest absolute Gasteiger partial charge is 0.283 e. The summed E-state index contributed by atoms with van der Waals surface area (Å²) in [5.41, 5.74) is 0.538. The fraction of sp³-hybridized carbons (Fsp3) is 0.250. The molecule has 36 heavy (non-hydrogen) atoms. The number of amides is 1. The summed E-state index contributed by atoms with van der Waals surface area (Å²) in [6.45, 7) is 4.24. The minimum Gasteiger partial charge on any atom is -0.490 e. The van der Waals surface area contributed by atoms with Crippen LogP contribution in [-0.4, -0.2) is 60.1 Å². The Morgan fingerprint density at radius 3 is 2.61 bits per heavy atom. The number of rotatable bonds is 9. The number of nitrogens with zero attached hydrogens (tertiary/aromatic N) is 3. The molecule has 9 nitrogen and oxygen atoms in total. The molecule has 2 aromatic carbocycles. The lowest BCUT2D eigenvalue weighted by atomic mass is 10.1. The van der Waals surface area contributed by atoms with Gasteiger partial charge in [0.2, 0.25) is 20.2 Å². The van der Waals surface area contributed by atoms with Crippen molar-refractivity contribution in [2.75, 3.05) is 24.7 Å². The van der Waals surface area contributed by atoms with E-state index < -0.39 is 15.7 Å². The molecule has 1 amide bonds. The second-order valence-corrected chi connectivity index (χ2v) is 11.5. The van der Waals surface area contributed by atoms with Crippen molar-refractivity contribution < 1.29 is 22.7 Å². The van der Waals surface area contributed by atoms with Crippen molar-refractivity contribution >= 4 is 61.7 Å². The molecular weight excluding hydrogens is 520 g/mol. The first-order chi connectivity index (χ1) is 17.3. The van der Waals surface area contributed by atoms with Crippen LogP contribution in [0.15, 0.2) is 68.4 Å². The van der Waals surface area contributed by atoms with E-state index in [2.05, 4.69) is 9.39 Å². The molecular formula is C24H24N4O5S3. The summed E-state index contributed by atoms with van der Waals surface area (Å²) in [7, 11) is -3.71. The average molecular weight is 545 g/mol. The monoisotopic (exact) mass is 544 g/mol. The third-order valence-corrected chi connectivity index (χ3v) is 8.47. The number of fused-ring (bicyclic) bond motifs is 1. The highest BCUT2D eigenvalue weighted by Gasteiger charge is 2.42. The van der Waals surface area contributed by atoms with Crippen molar-refractivity contribution in [1.82, 2.24) is 4.90 Å². The van der Waals surface area contributed by atoms with Crippen LogP contribution in [0.5, 0.6) is 11.5 Å². The molecule has 1 N–H and O–H groups in total. The van der Waals surface area contributed by atoms with E-state index in [0.29, 0.717) is 30.3 Å². The molecule has 0 radical (unpaired) electrons. The Kier molecular flexibility index (Phi) is 8.17. The fourth-order valence-corrected chi connectivity index (χ4v) is 6.04. The van der Waals surface area contributed by atoms with E-state index in [1.165, 1.54) is 13.0 Å². The largest absolute Gasteiger partial charge is 0.490 e. The molecule has 0 saturated carbocycles. The molecule has 12 heteroatoms. The van der Waals surface area contributed by atoms with Gasteiger partial charge in [0.1, 0.15) is 5.84 Å². The van der Waals surface area contributed by atoms with Gasteiger partial charge < -0.3 is 9.47 Å². The summed E-state index contributed by atoms with van der Waals surface area (Å²) in [4.78, 5) is 18.9. The highest BCUT2D eigenvalue weighted by molar-refractivity contribution is 8.16. The summed E-state index contributed by atoms with van der Waals surface area (Å²) >= 11 is 2.46. The van der Waals surface area contributed by atoms with Crippen LogP contribution in [0.4, 0.5) is 0 Å². The number of aliphatic imine (C=N–C) groups is 1. The van der Waals surface area contributed by atoms with E-state index in [4.69, 9.17) is 14.9 Å². The molecule has 0 aromatic heterocycles. The summed E-state index contributed by atoms with van der Waals surface area (Å²) in [6.07, 6.45) is 1.49. The van der Waals surface area contributed by atoms with Crippen LogP contribution in [0.1, 0.15) is 19.4 Å². The van der Waals surface area contributed by atoms with Crippen molar-refractivity contribution in [3.63, 3.8) is 0 Å². The third kappa shape index (κ3) is 5.66. The molecule has 0 aliphatic carbocycles. The van der Waals surface area contributed by atoms with E-state index in [0.717, 1.165) is 27.5 Å². The van der Waals surface area contributed by atoms with Crippen molar-refractivity contribution in [1.29, 1.82) is 5.41 Å². The van der Waals surface area contributed by atoms with E-state index >= 15 is 0 Å². The van der Waals surface area contributed by atoms with Crippen LogP contribution in [0.3, 0.4) is 0 Å². The second kappa shape index (κ2) is 11.3. The first kappa shape index (κ1) is 26.0. The molecule has 2 aromatic rings. The van der Waals surface area contributed by atoms with Gasteiger partial charge in [0.15, 0.2) is 11.5 Å². The van der Waals surface area contributed by atoms with Crippen LogP contribution in [0.2, 0.25) is 0 Å². The maximum absolute atomic E-state index is 12.7. The van der Waals surface area contributed by atoms with Crippen LogP contribution in [-0.2, 0) is 14.6 Å². The lowest BCUT2D eigenvalue weighted by molar-refractivity contribution is -0.114. The number of ether oxygens (including phenoxy) is 2. The normalized spacial score (nSPS) is 16.6. The molecule has 2 aliphatic heterocycles. The predicted molar refractivity (Wildman–Crippen MR) is 145 cm³/mol. The second-order valence-electron chi connectivity index (χ2n) is 7.46. The van der Waals surface area contributed by atoms with Gasteiger partial charge in [-0.25, -0.2) is 13.3 Å². The fourth-order valence-electron chi connectivity index (χ4n) is 3.33. The van der Waals surface area contributed by atoms with Crippen molar-refractivity contribution in [3.05, 3.63) is 59.7 Å². The molecule has 0 unspecified atom stereocenters. The Morgan fingerprint density at radius 1 is 1.11 bits per heavy atom. The van der Waals surface area contributed by atoms with Crippen LogP contribution >= 0.6 is 23.7 Å². The SMILES string of the molecule is CCOc1cc(/C=C2/C(=N)N3C(=NC2=O)SN=C3S(=O)(=O)CC)ccc1OCCSc1ccccc1. The zero-order valence-electron chi connectivity index (χ0n) is 19.6. The lowest BCUT2D eigenvalue weighted by Crippen LogP contribution is -2.45. The number of thioether (sulfide) groups is 1. The van der Waals surface area contributed by atoms with Crippen molar-refractivity contribution in [2.24, 2.45) is 9.39 Å². The van der Waals surface area contributed by atoms with Gasteiger partial charge >= 0.3 is 0 Å². The quantitative estimate of drug-likeness (QED) is 0.215. The molecule has 4 rings (SSSR count). The molecule has 0 bridgehead atoms. The van der Waals surface area contributed by atoms with Gasteiger partial charge in [0, 0.05) is 10.6 Å². The van der Waals surface area contributed by atoms with Gasteiger partial charge in [-0.2, -0.15) is 9.39 Å². The maximum atomic E-state index is 12.7. The van der Waals surface area contributed by atoms with E-state index in [9.17, 15) is 13.2 Å². The summed E-state index contributed by atoms with van der Waals surface area (Å²) in [5, 5.41) is 8.31. The van der Waals surface area contributed by atoms with Crippen molar-refractivity contribution in [2.45, 2.75) is 18.7 Å². The Bertz CT molecular complexity index is 1370. The molecule has 0 saturated heterocycles. The van der Waals surface area contributed by atoms with Crippen LogP contribution < -0.4 is 9.47 Å². The van der Waals surface area contributed by atoms with Gasteiger partial charge in [0.05, 0.1) is 36.5 Å². The number of carbonyl (C=O) groups excluding carboxylic acids is 1. The van der Waals surface area contributed by atoms with Gasteiger partial charge in [-0.3, -0.25) is 10.2 Å². The number of hydrogen-bond acceptors (Lipinski definition) is 9. The van der Waals surface area contributed by atoms with Crippen LogP contribution in [0.25, 0.3) is 6.08 Å². The van der Waals surface area contributed by atoms with Gasteiger partial charge in [-0.1, -0.05) is 31.2 Å². The number of carbonyl (C=O) groups is 1. The van der Waals surface area contributed by atoms with E-state index in [1.54, 1.807) is 30.0 Å². The zero-order chi connectivity index (χ0) is 25.7.